The van der Waals surface area contributed by atoms with Crippen molar-refractivity contribution in [2.75, 3.05) is 26.2 Å². The van der Waals surface area contributed by atoms with Crippen molar-refractivity contribution in [2.24, 2.45) is 0 Å². The van der Waals surface area contributed by atoms with E-state index in [1.165, 1.54) is 38.8 Å². The fraction of sp³-hybridized carbons (Fsp3) is 0.857. The highest BCUT2D eigenvalue weighted by molar-refractivity contribution is 4.95. The summed E-state index contributed by atoms with van der Waals surface area (Å²) in [5.41, 5.74) is 0. The maximum atomic E-state index is 3.45. The standard InChI is InChI=1S/C14H26N2/c1-3-4-6-10-15-11-8-13-16-12-7-5-9-14(16)2/h14-15H,5-13H2,1-2H3. The Morgan fingerprint density at radius 3 is 2.94 bits per heavy atom. The van der Waals surface area contributed by atoms with Crippen LogP contribution in [0.3, 0.4) is 0 Å². The van der Waals surface area contributed by atoms with Crippen molar-refractivity contribution in [3.8, 4) is 11.8 Å². The molecule has 1 saturated heterocycles. The van der Waals surface area contributed by atoms with Gasteiger partial charge in [0, 0.05) is 19.0 Å². The van der Waals surface area contributed by atoms with E-state index in [9.17, 15) is 0 Å². The fourth-order valence-corrected chi connectivity index (χ4v) is 2.30. The Bertz CT molecular complexity index is 227. The number of hydrogen-bond donors (Lipinski definition) is 1. The van der Waals surface area contributed by atoms with Crippen LogP contribution in [-0.2, 0) is 0 Å². The largest absolute Gasteiger partial charge is 0.316 e. The van der Waals surface area contributed by atoms with E-state index in [1.54, 1.807) is 0 Å². The normalized spacial score (nSPS) is 21.5. The molecule has 0 saturated carbocycles. The zero-order valence-corrected chi connectivity index (χ0v) is 10.9. The highest BCUT2D eigenvalue weighted by atomic mass is 15.2. The van der Waals surface area contributed by atoms with E-state index >= 15 is 0 Å². The molecule has 0 radical (unpaired) electrons. The zero-order valence-electron chi connectivity index (χ0n) is 10.9. The Labute approximate surface area is 101 Å². The number of hydrogen-bond acceptors (Lipinski definition) is 2. The molecule has 0 aliphatic carbocycles. The Morgan fingerprint density at radius 2 is 2.19 bits per heavy atom. The molecule has 92 valence electrons. The van der Waals surface area contributed by atoms with Gasteiger partial charge in [-0.1, -0.05) is 6.42 Å². The van der Waals surface area contributed by atoms with E-state index in [-0.39, 0.29) is 0 Å². The molecule has 0 aromatic carbocycles. The van der Waals surface area contributed by atoms with E-state index in [0.717, 1.165) is 25.6 Å². The van der Waals surface area contributed by atoms with Crippen molar-refractivity contribution < 1.29 is 0 Å². The van der Waals surface area contributed by atoms with E-state index in [4.69, 9.17) is 0 Å². The summed E-state index contributed by atoms with van der Waals surface area (Å²) in [6, 6.07) is 0.805. The quantitative estimate of drug-likeness (QED) is 0.548. The summed E-state index contributed by atoms with van der Waals surface area (Å²) in [5.74, 6) is 5.99. The molecule has 0 aromatic heterocycles. The molecule has 0 amide bonds. The lowest BCUT2D eigenvalue weighted by Crippen LogP contribution is -2.38. The van der Waals surface area contributed by atoms with Crippen molar-refractivity contribution in [3.05, 3.63) is 0 Å². The van der Waals surface area contributed by atoms with Gasteiger partial charge in [-0.2, -0.15) is 0 Å². The van der Waals surface area contributed by atoms with Crippen LogP contribution in [0.4, 0.5) is 0 Å². The summed E-state index contributed by atoms with van der Waals surface area (Å²) in [6.07, 6.45) is 6.45. The fourth-order valence-electron chi connectivity index (χ4n) is 2.30. The maximum absolute atomic E-state index is 3.45. The van der Waals surface area contributed by atoms with E-state index in [1.807, 2.05) is 6.92 Å². The minimum atomic E-state index is 0.805. The monoisotopic (exact) mass is 222 g/mol. The van der Waals surface area contributed by atoms with Gasteiger partial charge in [0.2, 0.25) is 0 Å². The maximum Gasteiger partial charge on any atom is 0.0214 e. The molecule has 1 rings (SSSR count). The molecule has 1 atom stereocenters. The van der Waals surface area contributed by atoms with Gasteiger partial charge in [-0.05, 0) is 52.7 Å². The highest BCUT2D eigenvalue weighted by Crippen LogP contribution is 2.15. The summed E-state index contributed by atoms with van der Waals surface area (Å²) in [6.45, 7) is 9.00. The average molecular weight is 222 g/mol. The van der Waals surface area contributed by atoms with Crippen LogP contribution in [0.5, 0.6) is 0 Å². The first-order valence-corrected chi connectivity index (χ1v) is 6.69. The molecule has 1 N–H and O–H groups in total. The lowest BCUT2D eigenvalue weighted by atomic mass is 10.0. The number of nitrogens with one attached hydrogen (secondary N) is 1. The summed E-state index contributed by atoms with van der Waals surface area (Å²) in [5, 5.41) is 3.45. The van der Waals surface area contributed by atoms with Gasteiger partial charge in [-0.3, -0.25) is 0 Å². The van der Waals surface area contributed by atoms with Crippen LogP contribution in [0.1, 0.15) is 46.0 Å². The summed E-state index contributed by atoms with van der Waals surface area (Å²) >= 11 is 0. The SMILES string of the molecule is CC#CCCNCCCN1CCCCC1C. The molecule has 1 aliphatic rings. The topological polar surface area (TPSA) is 15.3 Å². The van der Waals surface area contributed by atoms with Crippen molar-refractivity contribution >= 4 is 0 Å². The first-order valence-electron chi connectivity index (χ1n) is 6.69. The Kier molecular flexibility index (Phi) is 7.29. The molecule has 16 heavy (non-hydrogen) atoms. The van der Waals surface area contributed by atoms with Gasteiger partial charge in [-0.25, -0.2) is 0 Å². The second kappa shape index (κ2) is 8.61. The molecule has 2 heteroatoms. The smallest absolute Gasteiger partial charge is 0.0214 e. The third-order valence-electron chi connectivity index (χ3n) is 3.34. The molecule has 1 heterocycles. The van der Waals surface area contributed by atoms with Crippen molar-refractivity contribution in [2.45, 2.75) is 52.0 Å². The molecular weight excluding hydrogens is 196 g/mol. The molecule has 0 spiro atoms. The third kappa shape index (κ3) is 5.53. The molecule has 1 unspecified atom stereocenters. The number of piperidine rings is 1. The van der Waals surface area contributed by atoms with E-state index in [2.05, 4.69) is 29.0 Å². The Balaban J connectivity index is 1.95. The number of nitrogens with zero attached hydrogens (tertiary/aromatic N) is 1. The zero-order chi connectivity index (χ0) is 11.6. The second-order valence-corrected chi connectivity index (χ2v) is 4.66. The second-order valence-electron chi connectivity index (χ2n) is 4.66. The molecular formula is C14H26N2. The molecule has 0 aromatic rings. The number of likely N-dealkylation sites (tertiary alicyclic amines) is 1. The van der Waals surface area contributed by atoms with Crippen molar-refractivity contribution in [1.29, 1.82) is 0 Å². The van der Waals surface area contributed by atoms with Gasteiger partial charge in [-0.15, -0.1) is 11.8 Å². The van der Waals surface area contributed by atoms with Crippen LogP contribution in [0.2, 0.25) is 0 Å². The molecule has 1 fully saturated rings. The average Bonchev–Trinajstić information content (AvgIpc) is 2.30. The van der Waals surface area contributed by atoms with Crippen LogP contribution in [0, 0.1) is 11.8 Å². The van der Waals surface area contributed by atoms with E-state index < -0.39 is 0 Å². The van der Waals surface area contributed by atoms with Crippen LogP contribution in [-0.4, -0.2) is 37.1 Å². The molecule has 1 aliphatic heterocycles. The lowest BCUT2D eigenvalue weighted by molar-refractivity contribution is 0.159. The molecule has 0 bridgehead atoms. The van der Waals surface area contributed by atoms with Crippen LogP contribution < -0.4 is 5.32 Å². The van der Waals surface area contributed by atoms with Crippen LogP contribution in [0.25, 0.3) is 0 Å². The summed E-state index contributed by atoms with van der Waals surface area (Å²) < 4.78 is 0. The minimum absolute atomic E-state index is 0.805. The Morgan fingerprint density at radius 1 is 1.31 bits per heavy atom. The number of rotatable bonds is 6. The van der Waals surface area contributed by atoms with Gasteiger partial charge in [0.1, 0.15) is 0 Å². The van der Waals surface area contributed by atoms with Crippen LogP contribution >= 0.6 is 0 Å². The van der Waals surface area contributed by atoms with Gasteiger partial charge in [0.05, 0.1) is 0 Å². The first-order chi connectivity index (χ1) is 7.84. The summed E-state index contributed by atoms with van der Waals surface area (Å²) in [7, 11) is 0. The van der Waals surface area contributed by atoms with Crippen molar-refractivity contribution in [1.82, 2.24) is 10.2 Å². The first kappa shape index (κ1) is 13.5. The third-order valence-corrected chi connectivity index (χ3v) is 3.34. The van der Waals surface area contributed by atoms with E-state index in [0.29, 0.717) is 0 Å². The predicted octanol–water partition coefficient (Wildman–Crippen LogP) is 2.25. The predicted molar refractivity (Wildman–Crippen MR) is 70.4 cm³/mol. The van der Waals surface area contributed by atoms with Crippen molar-refractivity contribution in [3.63, 3.8) is 0 Å². The lowest BCUT2D eigenvalue weighted by Gasteiger charge is -2.33. The van der Waals surface area contributed by atoms with Gasteiger partial charge in [0.25, 0.3) is 0 Å². The van der Waals surface area contributed by atoms with Gasteiger partial charge < -0.3 is 10.2 Å². The van der Waals surface area contributed by atoms with Gasteiger partial charge >= 0.3 is 0 Å². The van der Waals surface area contributed by atoms with Gasteiger partial charge in [0.15, 0.2) is 0 Å². The minimum Gasteiger partial charge on any atom is -0.316 e. The van der Waals surface area contributed by atoms with Crippen LogP contribution in [0.15, 0.2) is 0 Å². The highest BCUT2D eigenvalue weighted by Gasteiger charge is 2.16. The Hall–Kier alpha value is -0.520. The summed E-state index contributed by atoms with van der Waals surface area (Å²) in [4.78, 5) is 2.64. The molecule has 2 nitrogen and oxygen atoms in total.